The van der Waals surface area contributed by atoms with Crippen molar-refractivity contribution in [1.29, 1.82) is 0 Å². The molecule has 0 unspecified atom stereocenters. The van der Waals surface area contributed by atoms with Crippen LogP contribution in [0.4, 0.5) is 15.8 Å². The van der Waals surface area contributed by atoms with E-state index in [9.17, 15) is 9.18 Å². The highest BCUT2D eigenvalue weighted by Gasteiger charge is 2.33. The predicted molar refractivity (Wildman–Crippen MR) is 145 cm³/mol. The van der Waals surface area contributed by atoms with E-state index in [0.29, 0.717) is 54.2 Å². The second-order valence-corrected chi connectivity index (χ2v) is 9.71. The lowest BCUT2D eigenvalue weighted by Gasteiger charge is -2.29. The summed E-state index contributed by atoms with van der Waals surface area (Å²) >= 11 is 1.34. The number of aliphatic imine (C=N–C) groups is 1. The Labute approximate surface area is 215 Å². The van der Waals surface area contributed by atoms with Crippen LogP contribution in [0.5, 0.6) is 0 Å². The number of amides is 1. The zero-order valence-corrected chi connectivity index (χ0v) is 20.8. The fourth-order valence-corrected chi connectivity index (χ4v) is 5.34. The minimum Gasteiger partial charge on any atom is -0.378 e. The molecule has 2 aliphatic rings. The molecular formula is C29H28FN3O2S. The van der Waals surface area contributed by atoms with Crippen molar-refractivity contribution in [1.82, 2.24) is 4.90 Å². The van der Waals surface area contributed by atoms with Gasteiger partial charge in [0.2, 0.25) is 0 Å². The van der Waals surface area contributed by atoms with Gasteiger partial charge in [0.25, 0.3) is 5.91 Å². The molecule has 36 heavy (non-hydrogen) atoms. The van der Waals surface area contributed by atoms with E-state index in [0.717, 1.165) is 18.5 Å². The number of rotatable bonds is 7. The van der Waals surface area contributed by atoms with Crippen molar-refractivity contribution in [3.8, 4) is 0 Å². The molecule has 0 spiro atoms. The Kier molecular flexibility index (Phi) is 7.79. The van der Waals surface area contributed by atoms with E-state index in [1.54, 1.807) is 17.0 Å². The second-order valence-electron chi connectivity index (χ2n) is 8.70. The summed E-state index contributed by atoms with van der Waals surface area (Å²) in [6.45, 7) is 3.10. The molecule has 1 amide bonds. The van der Waals surface area contributed by atoms with Crippen LogP contribution >= 0.6 is 11.8 Å². The summed E-state index contributed by atoms with van der Waals surface area (Å²) in [6, 6.07) is 25.0. The summed E-state index contributed by atoms with van der Waals surface area (Å²) in [7, 11) is 0. The molecule has 0 aliphatic carbocycles. The molecular weight excluding hydrogens is 473 g/mol. The van der Waals surface area contributed by atoms with Crippen LogP contribution in [0.15, 0.2) is 88.8 Å². The van der Waals surface area contributed by atoms with Gasteiger partial charge in [0, 0.05) is 19.6 Å². The molecule has 0 aromatic heterocycles. The number of hydrogen-bond donors (Lipinski definition) is 0. The van der Waals surface area contributed by atoms with Crippen molar-refractivity contribution in [2.24, 2.45) is 4.99 Å². The Morgan fingerprint density at radius 3 is 2.42 bits per heavy atom. The molecule has 0 N–H and O–H groups in total. The zero-order chi connectivity index (χ0) is 24.7. The number of morpholine rings is 1. The van der Waals surface area contributed by atoms with E-state index in [-0.39, 0.29) is 11.7 Å². The number of carbonyl (C=O) groups is 1. The maximum Gasteiger partial charge on any atom is 0.266 e. The maximum absolute atomic E-state index is 14.9. The first-order valence-corrected chi connectivity index (χ1v) is 13.0. The van der Waals surface area contributed by atoms with Crippen LogP contribution in [0.3, 0.4) is 0 Å². The predicted octanol–water partition coefficient (Wildman–Crippen LogP) is 5.90. The van der Waals surface area contributed by atoms with Gasteiger partial charge in [0.1, 0.15) is 5.82 Å². The van der Waals surface area contributed by atoms with Crippen LogP contribution in [0, 0.1) is 5.82 Å². The molecule has 7 heteroatoms. The van der Waals surface area contributed by atoms with Crippen LogP contribution < -0.4 is 4.90 Å². The van der Waals surface area contributed by atoms with Gasteiger partial charge < -0.3 is 9.64 Å². The molecule has 5 nitrogen and oxygen atoms in total. The standard InChI is InChI=1S/C29H28FN3O2S/c30-25-20-23(13-14-26(25)32-16-18-35-19-17-32)21-27-28(34)33(15-7-10-22-8-3-1-4-9-22)29(36-27)31-24-11-5-2-6-12-24/h1-6,8-9,11-14,20-21H,7,10,15-19H2/b27-21-,31-29?. The highest BCUT2D eigenvalue weighted by atomic mass is 32.2. The maximum atomic E-state index is 14.9. The molecule has 2 heterocycles. The smallest absolute Gasteiger partial charge is 0.266 e. The van der Waals surface area contributed by atoms with Gasteiger partial charge in [0.05, 0.1) is 29.5 Å². The monoisotopic (exact) mass is 501 g/mol. The van der Waals surface area contributed by atoms with Gasteiger partial charge in [-0.15, -0.1) is 0 Å². The first-order chi connectivity index (χ1) is 17.7. The highest BCUT2D eigenvalue weighted by Crippen LogP contribution is 2.35. The number of aryl methyl sites for hydroxylation is 1. The SMILES string of the molecule is O=C1/C(=C/c2ccc(N3CCOCC3)c(F)c2)SC(=Nc2ccccc2)N1CCCc1ccccc1. The van der Waals surface area contributed by atoms with Gasteiger partial charge >= 0.3 is 0 Å². The van der Waals surface area contributed by atoms with Crippen molar-refractivity contribution in [3.05, 3.63) is 101 Å². The Bertz CT molecular complexity index is 1260. The fraction of sp³-hybridized carbons (Fsp3) is 0.241. The van der Waals surface area contributed by atoms with Crippen molar-refractivity contribution >= 4 is 40.3 Å². The van der Waals surface area contributed by atoms with E-state index < -0.39 is 0 Å². The molecule has 2 saturated heterocycles. The molecule has 0 saturated carbocycles. The van der Waals surface area contributed by atoms with Gasteiger partial charge in [-0.25, -0.2) is 9.38 Å². The van der Waals surface area contributed by atoms with Gasteiger partial charge in [-0.1, -0.05) is 54.6 Å². The molecule has 3 aromatic carbocycles. The van der Waals surface area contributed by atoms with E-state index in [1.807, 2.05) is 59.5 Å². The summed E-state index contributed by atoms with van der Waals surface area (Å²) in [5, 5.41) is 0.649. The van der Waals surface area contributed by atoms with Crippen LogP contribution in [-0.4, -0.2) is 48.8 Å². The quantitative estimate of drug-likeness (QED) is 0.378. The molecule has 5 rings (SSSR count). The minimum absolute atomic E-state index is 0.0968. The van der Waals surface area contributed by atoms with Crippen molar-refractivity contribution < 1.29 is 13.9 Å². The summed E-state index contributed by atoms with van der Waals surface area (Å²) in [6.07, 6.45) is 3.46. The number of ether oxygens (including phenoxy) is 1. The third kappa shape index (κ3) is 5.86. The topological polar surface area (TPSA) is 45.1 Å². The summed E-state index contributed by atoms with van der Waals surface area (Å²) in [5.41, 5.74) is 3.26. The number of thioether (sulfide) groups is 1. The molecule has 0 radical (unpaired) electrons. The number of anilines is 1. The van der Waals surface area contributed by atoms with E-state index >= 15 is 0 Å². The van der Waals surface area contributed by atoms with E-state index in [2.05, 4.69) is 12.1 Å². The lowest BCUT2D eigenvalue weighted by Crippen LogP contribution is -2.36. The number of benzene rings is 3. The van der Waals surface area contributed by atoms with Crippen LogP contribution in [0.25, 0.3) is 6.08 Å². The lowest BCUT2D eigenvalue weighted by molar-refractivity contribution is -0.122. The number of para-hydroxylation sites is 1. The molecule has 3 aromatic rings. The molecule has 0 bridgehead atoms. The first-order valence-electron chi connectivity index (χ1n) is 12.2. The van der Waals surface area contributed by atoms with Gasteiger partial charge in [-0.3, -0.25) is 9.69 Å². The Balaban J connectivity index is 1.36. The fourth-order valence-electron chi connectivity index (χ4n) is 4.31. The third-order valence-electron chi connectivity index (χ3n) is 6.18. The van der Waals surface area contributed by atoms with Gasteiger partial charge in [-0.05, 0) is 66.1 Å². The molecule has 184 valence electrons. The van der Waals surface area contributed by atoms with Crippen molar-refractivity contribution in [3.63, 3.8) is 0 Å². The summed E-state index contributed by atoms with van der Waals surface area (Å²) < 4.78 is 20.3. The largest absolute Gasteiger partial charge is 0.378 e. The number of nitrogens with zero attached hydrogens (tertiary/aromatic N) is 3. The molecule has 0 atom stereocenters. The zero-order valence-electron chi connectivity index (χ0n) is 20.0. The van der Waals surface area contributed by atoms with E-state index in [1.165, 1.54) is 23.4 Å². The van der Waals surface area contributed by atoms with E-state index in [4.69, 9.17) is 9.73 Å². The minimum atomic E-state index is -0.292. The number of amidine groups is 1. The normalized spacial score (nSPS) is 18.4. The van der Waals surface area contributed by atoms with Crippen molar-refractivity contribution in [2.45, 2.75) is 12.8 Å². The second kappa shape index (κ2) is 11.5. The highest BCUT2D eigenvalue weighted by molar-refractivity contribution is 8.18. The third-order valence-corrected chi connectivity index (χ3v) is 7.19. The van der Waals surface area contributed by atoms with Gasteiger partial charge in [-0.2, -0.15) is 0 Å². The van der Waals surface area contributed by atoms with Crippen LogP contribution in [-0.2, 0) is 16.0 Å². The number of carbonyl (C=O) groups excluding carboxylic acids is 1. The average molecular weight is 502 g/mol. The Hall–Kier alpha value is -3.42. The Morgan fingerprint density at radius 2 is 1.69 bits per heavy atom. The lowest BCUT2D eigenvalue weighted by atomic mass is 10.1. The molecule has 2 fully saturated rings. The molecule has 2 aliphatic heterocycles. The Morgan fingerprint density at radius 1 is 0.972 bits per heavy atom. The number of halogens is 1. The van der Waals surface area contributed by atoms with Crippen LogP contribution in [0.2, 0.25) is 0 Å². The van der Waals surface area contributed by atoms with Crippen LogP contribution in [0.1, 0.15) is 17.5 Å². The summed E-state index contributed by atoms with van der Waals surface area (Å²) in [5.74, 6) is -0.389. The average Bonchev–Trinajstić information content (AvgIpc) is 3.19. The van der Waals surface area contributed by atoms with Crippen molar-refractivity contribution in [2.75, 3.05) is 37.7 Å². The summed E-state index contributed by atoms with van der Waals surface area (Å²) in [4.78, 5) is 22.4. The number of hydrogen-bond acceptors (Lipinski definition) is 5. The van der Waals surface area contributed by atoms with Gasteiger partial charge in [0.15, 0.2) is 5.17 Å². The first kappa shape index (κ1) is 24.3.